The van der Waals surface area contributed by atoms with Crippen LogP contribution in [0.25, 0.3) is 0 Å². The van der Waals surface area contributed by atoms with Crippen molar-refractivity contribution in [3.63, 3.8) is 0 Å². The Bertz CT molecular complexity index is 1330. The molecule has 7 nitrogen and oxygen atoms in total. The highest BCUT2D eigenvalue weighted by atomic mass is 35.5. The van der Waals surface area contributed by atoms with Crippen molar-refractivity contribution in [1.82, 2.24) is 10.2 Å². The van der Waals surface area contributed by atoms with E-state index in [1.165, 1.54) is 17.0 Å². The number of carbonyl (C=O) groups excluding carboxylic acids is 2. The molecular weight excluding hydrogens is 510 g/mol. The van der Waals surface area contributed by atoms with Crippen molar-refractivity contribution >= 4 is 39.1 Å². The molecule has 1 N–H and O–H groups in total. The molecule has 0 saturated heterocycles. The first-order valence-electron chi connectivity index (χ1n) is 12.2. The highest BCUT2D eigenvalue weighted by Crippen LogP contribution is 2.28. The maximum Gasteiger partial charge on any atom is 0.264 e. The van der Waals surface area contributed by atoms with Gasteiger partial charge in [-0.3, -0.25) is 13.9 Å². The molecule has 3 aromatic carbocycles. The summed E-state index contributed by atoms with van der Waals surface area (Å²) in [5, 5.41) is 3.20. The van der Waals surface area contributed by atoms with Crippen molar-refractivity contribution in [2.75, 3.05) is 17.4 Å². The number of carbonyl (C=O) groups is 2. The van der Waals surface area contributed by atoms with Gasteiger partial charge in [-0.2, -0.15) is 0 Å². The highest BCUT2D eigenvalue weighted by molar-refractivity contribution is 7.92. The first kappa shape index (κ1) is 28.2. The minimum absolute atomic E-state index is 0.0471. The summed E-state index contributed by atoms with van der Waals surface area (Å²) in [6.07, 6.45) is 0.573. The molecule has 0 spiro atoms. The zero-order valence-electron chi connectivity index (χ0n) is 21.2. The van der Waals surface area contributed by atoms with E-state index in [9.17, 15) is 18.0 Å². The van der Waals surface area contributed by atoms with Gasteiger partial charge in [0.2, 0.25) is 11.8 Å². The van der Waals surface area contributed by atoms with Crippen molar-refractivity contribution in [1.29, 1.82) is 0 Å². The molecule has 0 saturated carbocycles. The van der Waals surface area contributed by atoms with Gasteiger partial charge < -0.3 is 10.2 Å². The molecule has 0 fully saturated rings. The minimum Gasteiger partial charge on any atom is -0.355 e. The predicted molar refractivity (Wildman–Crippen MR) is 147 cm³/mol. The highest BCUT2D eigenvalue weighted by Gasteiger charge is 2.33. The van der Waals surface area contributed by atoms with Gasteiger partial charge in [0.05, 0.1) is 10.6 Å². The molecule has 0 radical (unpaired) electrons. The van der Waals surface area contributed by atoms with E-state index in [2.05, 4.69) is 5.32 Å². The Balaban J connectivity index is 2.07. The second-order valence-electron chi connectivity index (χ2n) is 8.49. The lowest BCUT2D eigenvalue weighted by Gasteiger charge is -2.32. The van der Waals surface area contributed by atoms with E-state index in [0.29, 0.717) is 29.2 Å². The Morgan fingerprint density at radius 3 is 2.11 bits per heavy atom. The van der Waals surface area contributed by atoms with Gasteiger partial charge >= 0.3 is 0 Å². The summed E-state index contributed by atoms with van der Waals surface area (Å²) in [4.78, 5) is 28.1. The average molecular weight is 542 g/mol. The molecule has 0 bridgehead atoms. The Hall–Kier alpha value is -3.36. The van der Waals surface area contributed by atoms with Crippen molar-refractivity contribution in [2.24, 2.45) is 0 Å². The molecule has 9 heteroatoms. The number of hydrogen-bond donors (Lipinski definition) is 1. The lowest BCUT2D eigenvalue weighted by atomic mass is 10.1. The summed E-state index contributed by atoms with van der Waals surface area (Å²) in [5.41, 5.74) is 1.86. The molecule has 196 valence electrons. The molecule has 0 unspecified atom stereocenters. The summed E-state index contributed by atoms with van der Waals surface area (Å²) < 4.78 is 28.8. The smallest absolute Gasteiger partial charge is 0.264 e. The zero-order chi connectivity index (χ0) is 27.0. The van der Waals surface area contributed by atoms with Crippen LogP contribution < -0.4 is 9.62 Å². The number of nitrogens with zero attached hydrogens (tertiary/aromatic N) is 2. The van der Waals surface area contributed by atoms with Crippen molar-refractivity contribution < 1.29 is 18.0 Å². The summed E-state index contributed by atoms with van der Waals surface area (Å²) in [6.45, 7) is 5.30. The van der Waals surface area contributed by atoms with Gasteiger partial charge in [-0.15, -0.1) is 0 Å². The third kappa shape index (κ3) is 6.70. The first-order chi connectivity index (χ1) is 17.7. The second kappa shape index (κ2) is 12.7. The molecule has 0 aliphatic heterocycles. The average Bonchev–Trinajstić information content (AvgIpc) is 2.91. The number of nitrogens with one attached hydrogen (secondary N) is 1. The molecule has 0 aliphatic carbocycles. The number of hydrogen-bond acceptors (Lipinski definition) is 4. The van der Waals surface area contributed by atoms with Crippen LogP contribution in [0.4, 0.5) is 5.69 Å². The molecule has 37 heavy (non-hydrogen) atoms. The fraction of sp³-hybridized carbons (Fsp3) is 0.286. The van der Waals surface area contributed by atoms with E-state index in [0.717, 1.165) is 9.87 Å². The zero-order valence-corrected chi connectivity index (χ0v) is 22.8. The third-order valence-electron chi connectivity index (χ3n) is 6.07. The van der Waals surface area contributed by atoms with E-state index in [1.54, 1.807) is 68.4 Å². The Morgan fingerprint density at radius 1 is 0.892 bits per heavy atom. The summed E-state index contributed by atoms with van der Waals surface area (Å²) in [5.74, 6) is -0.863. The minimum atomic E-state index is -4.09. The van der Waals surface area contributed by atoms with E-state index >= 15 is 0 Å². The van der Waals surface area contributed by atoms with Gasteiger partial charge in [-0.1, -0.05) is 73.1 Å². The fourth-order valence-corrected chi connectivity index (χ4v) is 5.67. The van der Waals surface area contributed by atoms with Crippen LogP contribution in [-0.2, 0) is 32.6 Å². The number of likely N-dealkylation sites (N-methyl/N-ethyl adjacent to an activating group) is 1. The van der Waals surface area contributed by atoms with Crippen molar-refractivity contribution in [2.45, 2.75) is 44.7 Å². The lowest BCUT2D eigenvalue weighted by molar-refractivity contribution is -0.139. The predicted octanol–water partition coefficient (Wildman–Crippen LogP) is 4.65. The molecular formula is C28H32ClN3O4S. The van der Waals surface area contributed by atoms with Gasteiger partial charge in [0.25, 0.3) is 10.0 Å². The maximum absolute atomic E-state index is 13.9. The number of amides is 2. The van der Waals surface area contributed by atoms with E-state index in [1.807, 2.05) is 19.1 Å². The number of sulfonamides is 1. The van der Waals surface area contributed by atoms with Crippen LogP contribution in [0.3, 0.4) is 0 Å². The van der Waals surface area contributed by atoms with Gasteiger partial charge in [0.1, 0.15) is 12.6 Å². The molecule has 0 heterocycles. The summed E-state index contributed by atoms with van der Waals surface area (Å²) in [7, 11) is -4.09. The van der Waals surface area contributed by atoms with Crippen LogP contribution in [-0.4, -0.2) is 44.3 Å². The van der Waals surface area contributed by atoms with Crippen molar-refractivity contribution in [3.8, 4) is 0 Å². The number of benzene rings is 3. The number of anilines is 1. The molecule has 1 atom stereocenters. The van der Waals surface area contributed by atoms with Crippen LogP contribution in [0.5, 0.6) is 0 Å². The van der Waals surface area contributed by atoms with Crippen LogP contribution >= 0.6 is 11.6 Å². The fourth-order valence-electron chi connectivity index (χ4n) is 4.00. The number of para-hydroxylation sites is 1. The largest absolute Gasteiger partial charge is 0.355 e. The topological polar surface area (TPSA) is 86.8 Å². The lowest BCUT2D eigenvalue weighted by Crippen LogP contribution is -2.51. The maximum atomic E-state index is 13.9. The van der Waals surface area contributed by atoms with Gasteiger partial charge in [0, 0.05) is 18.1 Å². The van der Waals surface area contributed by atoms with Gasteiger partial charge in [0.15, 0.2) is 0 Å². The standard InChI is InChI=1S/C28H32ClN3O4S/c1-4-22-13-10-12-18-26(22)32(37(35,36)24-15-7-6-8-16-24)20-27(33)31(21(3)28(34)30-5-2)19-23-14-9-11-17-25(23)29/h6-18,21H,4-5,19-20H2,1-3H3,(H,30,34)/t21-/m0/s1. The van der Waals surface area contributed by atoms with Crippen LogP contribution in [0.2, 0.25) is 5.02 Å². The molecule has 0 aliphatic rings. The Kier molecular flexibility index (Phi) is 9.72. The molecule has 2 amide bonds. The van der Waals surface area contributed by atoms with Gasteiger partial charge in [-0.05, 0) is 55.7 Å². The summed E-state index contributed by atoms with van der Waals surface area (Å²) in [6, 6.07) is 21.3. The SMILES string of the molecule is CCNC(=O)[C@H](C)N(Cc1ccccc1Cl)C(=O)CN(c1ccccc1CC)S(=O)(=O)c1ccccc1. The van der Waals surface area contributed by atoms with Crippen LogP contribution in [0, 0.1) is 0 Å². The monoisotopic (exact) mass is 541 g/mol. The van der Waals surface area contributed by atoms with E-state index < -0.39 is 28.5 Å². The number of halogens is 1. The molecule has 3 rings (SSSR count). The van der Waals surface area contributed by atoms with Crippen LogP contribution in [0.15, 0.2) is 83.8 Å². The number of rotatable bonds is 11. The second-order valence-corrected chi connectivity index (χ2v) is 10.8. The third-order valence-corrected chi connectivity index (χ3v) is 8.21. The molecule has 0 aromatic heterocycles. The summed E-state index contributed by atoms with van der Waals surface area (Å²) >= 11 is 6.37. The van der Waals surface area contributed by atoms with Crippen molar-refractivity contribution in [3.05, 3.63) is 95.0 Å². The van der Waals surface area contributed by atoms with Crippen LogP contribution in [0.1, 0.15) is 31.9 Å². The number of aryl methyl sites for hydroxylation is 1. The Labute approximate surface area is 224 Å². The quantitative estimate of drug-likeness (QED) is 0.383. The Morgan fingerprint density at radius 2 is 1.49 bits per heavy atom. The first-order valence-corrected chi connectivity index (χ1v) is 14.0. The van der Waals surface area contributed by atoms with Gasteiger partial charge in [-0.25, -0.2) is 8.42 Å². The van der Waals surface area contributed by atoms with E-state index in [4.69, 9.17) is 11.6 Å². The molecule has 3 aromatic rings. The van der Waals surface area contributed by atoms with E-state index in [-0.39, 0.29) is 17.3 Å². The normalized spacial score (nSPS) is 12.0.